The number of hydrogen-bond donors (Lipinski definition) is 2. The third kappa shape index (κ3) is 5.06. The summed E-state index contributed by atoms with van der Waals surface area (Å²) in [5.41, 5.74) is 2.32. The Balaban J connectivity index is 1.71. The summed E-state index contributed by atoms with van der Waals surface area (Å²) in [5.74, 6) is -0.422. The largest absolute Gasteiger partial charge is 0.376 e. The number of hydrogen-bond acceptors (Lipinski definition) is 5. The van der Waals surface area contributed by atoms with Crippen molar-refractivity contribution in [1.82, 2.24) is 4.31 Å². The predicted octanol–water partition coefficient (Wildman–Crippen LogP) is 3.42. The third-order valence-electron chi connectivity index (χ3n) is 5.18. The Morgan fingerprint density at radius 3 is 2.40 bits per heavy atom. The summed E-state index contributed by atoms with van der Waals surface area (Å²) >= 11 is 0. The standard InChI is InChI=1S/C22H27N3O4S/c1-16-10-11-18(30(28,29)25-12-6-3-7-13-25)14-21(16)24-22(27)15-23-20-9-5-4-8-19(20)17(2)26/h4-5,8-11,14,23H,3,6-7,12-13,15H2,1-2H3,(H,24,27). The maximum Gasteiger partial charge on any atom is 0.243 e. The number of benzene rings is 2. The number of Topliss-reactive ketones (excluding diaryl/α,β-unsaturated/α-hetero) is 1. The fourth-order valence-electron chi connectivity index (χ4n) is 3.46. The quantitative estimate of drug-likeness (QED) is 0.658. The lowest BCUT2D eigenvalue weighted by atomic mass is 10.1. The first-order valence-corrected chi connectivity index (χ1v) is 11.5. The molecule has 1 aliphatic rings. The van der Waals surface area contributed by atoms with Crippen LogP contribution in [0.1, 0.15) is 42.1 Å². The van der Waals surface area contributed by atoms with Crippen LogP contribution in [0.2, 0.25) is 0 Å². The van der Waals surface area contributed by atoms with Crippen LogP contribution in [0.4, 0.5) is 11.4 Å². The molecule has 2 N–H and O–H groups in total. The van der Waals surface area contributed by atoms with Gasteiger partial charge in [0, 0.05) is 30.0 Å². The van der Waals surface area contributed by atoms with Gasteiger partial charge in [-0.3, -0.25) is 9.59 Å². The Morgan fingerprint density at radius 1 is 1.00 bits per heavy atom. The maximum absolute atomic E-state index is 12.9. The van der Waals surface area contributed by atoms with E-state index >= 15 is 0 Å². The van der Waals surface area contributed by atoms with E-state index in [9.17, 15) is 18.0 Å². The number of ketones is 1. The van der Waals surface area contributed by atoms with Gasteiger partial charge >= 0.3 is 0 Å². The van der Waals surface area contributed by atoms with E-state index in [1.165, 1.54) is 17.3 Å². The van der Waals surface area contributed by atoms with Crippen LogP contribution in [0.3, 0.4) is 0 Å². The van der Waals surface area contributed by atoms with E-state index in [0.717, 1.165) is 24.8 Å². The monoisotopic (exact) mass is 429 g/mol. The molecule has 1 fully saturated rings. The molecule has 3 rings (SSSR count). The first kappa shape index (κ1) is 22.0. The molecule has 0 unspecified atom stereocenters. The first-order valence-electron chi connectivity index (χ1n) is 10.0. The van der Waals surface area contributed by atoms with Crippen LogP contribution in [-0.4, -0.2) is 44.0 Å². The zero-order chi connectivity index (χ0) is 21.7. The van der Waals surface area contributed by atoms with Crippen molar-refractivity contribution in [2.75, 3.05) is 30.3 Å². The highest BCUT2D eigenvalue weighted by molar-refractivity contribution is 7.89. The molecule has 2 aromatic rings. The fraction of sp³-hybridized carbons (Fsp3) is 0.364. The van der Waals surface area contributed by atoms with Gasteiger partial charge in [-0.15, -0.1) is 0 Å². The molecule has 8 heteroatoms. The van der Waals surface area contributed by atoms with Crippen molar-refractivity contribution in [2.45, 2.75) is 38.0 Å². The minimum Gasteiger partial charge on any atom is -0.376 e. The van der Waals surface area contributed by atoms with Crippen molar-refractivity contribution in [1.29, 1.82) is 0 Å². The van der Waals surface area contributed by atoms with E-state index in [0.29, 0.717) is 30.0 Å². The van der Waals surface area contributed by atoms with Gasteiger partial charge in [-0.25, -0.2) is 8.42 Å². The number of amides is 1. The Bertz CT molecular complexity index is 1040. The molecule has 1 amide bonds. The van der Waals surface area contributed by atoms with Gasteiger partial charge in [-0.1, -0.05) is 24.6 Å². The van der Waals surface area contributed by atoms with E-state index in [-0.39, 0.29) is 23.1 Å². The number of nitrogens with one attached hydrogen (secondary N) is 2. The lowest BCUT2D eigenvalue weighted by Crippen LogP contribution is -2.35. The molecule has 1 saturated heterocycles. The second kappa shape index (κ2) is 9.40. The molecule has 0 aliphatic carbocycles. The van der Waals surface area contributed by atoms with Crippen molar-refractivity contribution in [3.8, 4) is 0 Å². The Hall–Kier alpha value is -2.71. The van der Waals surface area contributed by atoms with Crippen molar-refractivity contribution < 1.29 is 18.0 Å². The van der Waals surface area contributed by atoms with Crippen LogP contribution < -0.4 is 10.6 Å². The minimum atomic E-state index is -3.58. The number of para-hydroxylation sites is 1. The SMILES string of the molecule is CC(=O)c1ccccc1NCC(=O)Nc1cc(S(=O)(=O)N2CCCCC2)ccc1C. The molecule has 30 heavy (non-hydrogen) atoms. The Morgan fingerprint density at radius 2 is 1.70 bits per heavy atom. The topological polar surface area (TPSA) is 95.6 Å². The molecule has 1 heterocycles. The fourth-order valence-corrected chi connectivity index (χ4v) is 5.01. The second-order valence-electron chi connectivity index (χ2n) is 7.44. The number of anilines is 2. The lowest BCUT2D eigenvalue weighted by Gasteiger charge is -2.26. The average molecular weight is 430 g/mol. The molecular weight excluding hydrogens is 402 g/mol. The van der Waals surface area contributed by atoms with Crippen molar-refractivity contribution in [2.24, 2.45) is 0 Å². The summed E-state index contributed by atoms with van der Waals surface area (Å²) in [4.78, 5) is 24.4. The molecule has 1 aliphatic heterocycles. The molecule has 0 spiro atoms. The molecule has 0 aromatic heterocycles. The Labute approximate surface area is 177 Å². The van der Waals surface area contributed by atoms with E-state index in [4.69, 9.17) is 0 Å². The Kier molecular flexibility index (Phi) is 6.89. The maximum atomic E-state index is 12.9. The summed E-state index contributed by atoms with van der Waals surface area (Å²) in [7, 11) is -3.58. The van der Waals surface area contributed by atoms with Gasteiger partial charge in [0.05, 0.1) is 11.4 Å². The average Bonchev–Trinajstić information content (AvgIpc) is 2.74. The number of carbonyl (C=O) groups is 2. The molecule has 0 radical (unpaired) electrons. The molecular formula is C22H27N3O4S. The van der Waals surface area contributed by atoms with Crippen LogP contribution in [0, 0.1) is 6.92 Å². The molecule has 160 valence electrons. The summed E-state index contributed by atoms with van der Waals surface area (Å²) in [6.07, 6.45) is 2.77. The third-order valence-corrected chi connectivity index (χ3v) is 7.08. The predicted molar refractivity (Wildman–Crippen MR) is 117 cm³/mol. The second-order valence-corrected chi connectivity index (χ2v) is 9.38. The summed E-state index contributed by atoms with van der Waals surface area (Å²) < 4.78 is 27.3. The molecule has 0 atom stereocenters. The van der Waals surface area contributed by atoms with Crippen LogP contribution >= 0.6 is 0 Å². The van der Waals surface area contributed by atoms with E-state index in [1.54, 1.807) is 36.4 Å². The zero-order valence-electron chi connectivity index (χ0n) is 17.3. The molecule has 0 bridgehead atoms. The van der Waals surface area contributed by atoms with Gasteiger partial charge in [0.2, 0.25) is 15.9 Å². The number of piperidine rings is 1. The molecule has 7 nitrogen and oxygen atoms in total. The van der Waals surface area contributed by atoms with E-state index < -0.39 is 10.0 Å². The summed E-state index contributed by atoms with van der Waals surface area (Å²) in [5, 5.41) is 5.75. The first-order chi connectivity index (χ1) is 14.3. The van der Waals surface area contributed by atoms with E-state index in [1.807, 2.05) is 6.92 Å². The lowest BCUT2D eigenvalue weighted by molar-refractivity contribution is -0.114. The highest BCUT2D eigenvalue weighted by Crippen LogP contribution is 2.25. The van der Waals surface area contributed by atoms with Crippen LogP contribution in [0.15, 0.2) is 47.4 Å². The molecule has 2 aromatic carbocycles. The normalized spacial score (nSPS) is 14.9. The van der Waals surface area contributed by atoms with Gasteiger partial charge in [-0.2, -0.15) is 4.31 Å². The van der Waals surface area contributed by atoms with Gasteiger partial charge < -0.3 is 10.6 Å². The van der Waals surface area contributed by atoms with Gasteiger partial charge in [0.25, 0.3) is 0 Å². The van der Waals surface area contributed by atoms with Gasteiger partial charge in [0.15, 0.2) is 5.78 Å². The highest BCUT2D eigenvalue weighted by Gasteiger charge is 2.26. The molecule has 0 saturated carbocycles. The number of nitrogens with zero attached hydrogens (tertiary/aromatic N) is 1. The van der Waals surface area contributed by atoms with Crippen molar-refractivity contribution in [3.63, 3.8) is 0 Å². The summed E-state index contributed by atoms with van der Waals surface area (Å²) in [6.45, 7) is 4.28. The van der Waals surface area contributed by atoms with E-state index in [2.05, 4.69) is 10.6 Å². The van der Waals surface area contributed by atoms with Crippen LogP contribution in [0.5, 0.6) is 0 Å². The highest BCUT2D eigenvalue weighted by atomic mass is 32.2. The van der Waals surface area contributed by atoms with Crippen LogP contribution in [0.25, 0.3) is 0 Å². The number of aryl methyl sites for hydroxylation is 1. The summed E-state index contributed by atoms with van der Waals surface area (Å²) in [6, 6.07) is 11.8. The van der Waals surface area contributed by atoms with Crippen LogP contribution in [-0.2, 0) is 14.8 Å². The smallest absolute Gasteiger partial charge is 0.243 e. The number of carbonyl (C=O) groups excluding carboxylic acids is 2. The van der Waals surface area contributed by atoms with Crippen molar-refractivity contribution >= 4 is 33.1 Å². The van der Waals surface area contributed by atoms with Gasteiger partial charge in [-0.05, 0) is 56.5 Å². The zero-order valence-corrected chi connectivity index (χ0v) is 18.1. The number of sulfonamides is 1. The number of rotatable bonds is 7. The minimum absolute atomic E-state index is 0.0488. The van der Waals surface area contributed by atoms with Gasteiger partial charge in [0.1, 0.15) is 0 Å². The van der Waals surface area contributed by atoms with Crippen molar-refractivity contribution in [3.05, 3.63) is 53.6 Å².